The molecule has 0 saturated carbocycles. The van der Waals surface area contributed by atoms with E-state index in [0.29, 0.717) is 12.2 Å². The Bertz CT molecular complexity index is 386. The number of rotatable bonds is 4. The van der Waals surface area contributed by atoms with Crippen LogP contribution in [0.15, 0.2) is 30.4 Å². The molecule has 0 heterocycles. The first-order valence-corrected chi connectivity index (χ1v) is 5.33. The molecule has 2 nitrogen and oxygen atoms in total. The van der Waals surface area contributed by atoms with Gasteiger partial charge in [-0.1, -0.05) is 24.3 Å². The molecule has 0 fully saturated rings. The third-order valence-corrected chi connectivity index (χ3v) is 2.40. The molecule has 0 amide bonds. The number of benzene rings is 1. The second-order valence-electron chi connectivity index (χ2n) is 4.28. The van der Waals surface area contributed by atoms with Crippen LogP contribution >= 0.6 is 0 Å². The maximum Gasteiger partial charge on any atom is 0.146 e. The molecule has 1 atom stereocenters. The van der Waals surface area contributed by atoms with E-state index in [0.717, 1.165) is 11.1 Å². The van der Waals surface area contributed by atoms with Gasteiger partial charge in [-0.3, -0.25) is 0 Å². The van der Waals surface area contributed by atoms with Crippen molar-refractivity contribution in [2.24, 2.45) is 5.73 Å². The van der Waals surface area contributed by atoms with Crippen molar-refractivity contribution in [1.29, 1.82) is 0 Å². The summed E-state index contributed by atoms with van der Waals surface area (Å²) in [6, 6.07) is 4.82. The van der Waals surface area contributed by atoms with Crippen molar-refractivity contribution in [3.63, 3.8) is 0 Å². The van der Waals surface area contributed by atoms with Crippen LogP contribution in [0.3, 0.4) is 0 Å². The summed E-state index contributed by atoms with van der Waals surface area (Å²) in [5, 5.41) is 0. The predicted molar refractivity (Wildman–Crippen MR) is 67.1 cm³/mol. The molecule has 0 aromatic heterocycles. The Morgan fingerprint density at radius 1 is 1.56 bits per heavy atom. The van der Waals surface area contributed by atoms with Crippen LogP contribution in [0.25, 0.3) is 0 Å². The van der Waals surface area contributed by atoms with Crippen LogP contribution in [0.2, 0.25) is 0 Å². The van der Waals surface area contributed by atoms with Crippen molar-refractivity contribution in [1.82, 2.24) is 0 Å². The first-order chi connectivity index (χ1) is 7.43. The molecule has 16 heavy (non-hydrogen) atoms. The lowest BCUT2D eigenvalue weighted by molar-refractivity contribution is 0.618. The Kier molecular flexibility index (Phi) is 4.07. The van der Waals surface area contributed by atoms with Crippen molar-refractivity contribution in [3.8, 4) is 0 Å². The third-order valence-electron chi connectivity index (χ3n) is 2.40. The summed E-state index contributed by atoms with van der Waals surface area (Å²) in [5.41, 5.74) is 8.22. The van der Waals surface area contributed by atoms with Gasteiger partial charge in [0.05, 0.1) is 5.69 Å². The molecular weight excluding hydrogens is 203 g/mol. The summed E-state index contributed by atoms with van der Waals surface area (Å²) in [6.45, 7) is 8.23. The van der Waals surface area contributed by atoms with E-state index in [1.165, 1.54) is 6.07 Å². The lowest BCUT2D eigenvalue weighted by Gasteiger charge is -2.24. The molecule has 1 rings (SSSR count). The van der Waals surface area contributed by atoms with Crippen LogP contribution in [-0.4, -0.2) is 13.6 Å². The van der Waals surface area contributed by atoms with Gasteiger partial charge in [0, 0.05) is 19.6 Å². The molecule has 3 heteroatoms. The third kappa shape index (κ3) is 2.83. The van der Waals surface area contributed by atoms with E-state index in [4.69, 9.17) is 5.73 Å². The van der Waals surface area contributed by atoms with Crippen LogP contribution in [0.5, 0.6) is 0 Å². The molecule has 1 aromatic carbocycles. The van der Waals surface area contributed by atoms with E-state index in [-0.39, 0.29) is 11.9 Å². The number of hydrogen-bond acceptors (Lipinski definition) is 2. The average Bonchev–Trinajstić information content (AvgIpc) is 2.15. The molecule has 1 aromatic rings. The highest BCUT2D eigenvalue weighted by Crippen LogP contribution is 2.27. The van der Waals surface area contributed by atoms with E-state index in [9.17, 15) is 4.39 Å². The number of nitrogens with two attached hydrogens (primary N) is 1. The molecule has 1 unspecified atom stereocenters. The highest BCUT2D eigenvalue weighted by molar-refractivity contribution is 5.56. The Morgan fingerprint density at radius 3 is 2.69 bits per heavy atom. The van der Waals surface area contributed by atoms with Crippen molar-refractivity contribution >= 4 is 5.69 Å². The van der Waals surface area contributed by atoms with Gasteiger partial charge < -0.3 is 10.6 Å². The predicted octanol–water partition coefficient (Wildman–Crippen LogP) is 2.86. The summed E-state index contributed by atoms with van der Waals surface area (Å²) >= 11 is 0. The monoisotopic (exact) mass is 222 g/mol. The van der Waals surface area contributed by atoms with Crippen LogP contribution in [0.1, 0.15) is 25.5 Å². The number of likely N-dealkylation sites (N-methyl/N-ethyl adjacent to an activating group) is 1. The largest absolute Gasteiger partial charge is 0.368 e. The summed E-state index contributed by atoms with van der Waals surface area (Å²) < 4.78 is 13.8. The molecule has 0 spiro atoms. The number of hydrogen-bond donors (Lipinski definition) is 1. The van der Waals surface area contributed by atoms with Crippen LogP contribution in [-0.2, 0) is 0 Å². The Labute approximate surface area is 96.6 Å². The highest BCUT2D eigenvalue weighted by atomic mass is 19.1. The zero-order chi connectivity index (χ0) is 12.3. The van der Waals surface area contributed by atoms with E-state index < -0.39 is 0 Å². The number of anilines is 1. The summed E-state index contributed by atoms with van der Waals surface area (Å²) in [7, 11) is 1.85. The number of halogens is 1. The van der Waals surface area contributed by atoms with Gasteiger partial charge in [-0.05, 0) is 25.5 Å². The fraction of sp³-hybridized carbons (Fsp3) is 0.385. The normalized spacial score (nSPS) is 12.3. The minimum absolute atomic E-state index is 0.182. The molecule has 2 N–H and O–H groups in total. The van der Waals surface area contributed by atoms with Crippen LogP contribution in [0, 0.1) is 5.82 Å². The average molecular weight is 222 g/mol. The van der Waals surface area contributed by atoms with E-state index in [1.807, 2.05) is 31.9 Å². The minimum Gasteiger partial charge on any atom is -0.368 e. The van der Waals surface area contributed by atoms with Crippen molar-refractivity contribution < 1.29 is 4.39 Å². The van der Waals surface area contributed by atoms with Gasteiger partial charge >= 0.3 is 0 Å². The van der Waals surface area contributed by atoms with Gasteiger partial charge in [0.25, 0.3) is 0 Å². The van der Waals surface area contributed by atoms with Crippen molar-refractivity contribution in [3.05, 3.63) is 41.7 Å². The maximum atomic E-state index is 13.8. The van der Waals surface area contributed by atoms with Gasteiger partial charge in [-0.15, -0.1) is 0 Å². The van der Waals surface area contributed by atoms with E-state index in [1.54, 1.807) is 6.07 Å². The molecule has 0 bridgehead atoms. The standard InChI is InChI=1S/C13H19FN2/c1-9(2)8-16(4)13-11(10(3)15)6-5-7-12(13)14/h5-7,10H,1,8,15H2,2-4H3. The minimum atomic E-state index is -0.237. The Balaban J connectivity index is 3.14. The van der Waals surface area contributed by atoms with Crippen LogP contribution < -0.4 is 10.6 Å². The Morgan fingerprint density at radius 2 is 2.19 bits per heavy atom. The fourth-order valence-electron chi connectivity index (χ4n) is 1.79. The molecule has 0 saturated heterocycles. The first kappa shape index (κ1) is 12.7. The first-order valence-electron chi connectivity index (χ1n) is 5.33. The second kappa shape index (κ2) is 5.12. The molecule has 88 valence electrons. The van der Waals surface area contributed by atoms with Crippen LogP contribution in [0.4, 0.5) is 10.1 Å². The lowest BCUT2D eigenvalue weighted by Crippen LogP contribution is -2.23. The van der Waals surface area contributed by atoms with Gasteiger partial charge in [-0.25, -0.2) is 4.39 Å². The van der Waals surface area contributed by atoms with Crippen molar-refractivity contribution in [2.45, 2.75) is 19.9 Å². The number of para-hydroxylation sites is 1. The Hall–Kier alpha value is -1.35. The molecular formula is C13H19FN2. The summed E-state index contributed by atoms with van der Waals surface area (Å²) in [6.07, 6.45) is 0. The van der Waals surface area contributed by atoms with Crippen molar-refractivity contribution in [2.75, 3.05) is 18.5 Å². The zero-order valence-electron chi connectivity index (χ0n) is 10.1. The van der Waals surface area contributed by atoms with Gasteiger partial charge in [0.15, 0.2) is 0 Å². The topological polar surface area (TPSA) is 29.3 Å². The molecule has 0 aliphatic rings. The van der Waals surface area contributed by atoms with E-state index in [2.05, 4.69) is 6.58 Å². The second-order valence-corrected chi connectivity index (χ2v) is 4.28. The molecule has 0 radical (unpaired) electrons. The molecule has 0 aliphatic heterocycles. The fourth-order valence-corrected chi connectivity index (χ4v) is 1.79. The smallest absolute Gasteiger partial charge is 0.146 e. The van der Waals surface area contributed by atoms with Gasteiger partial charge in [0.1, 0.15) is 5.82 Å². The molecule has 0 aliphatic carbocycles. The lowest BCUT2D eigenvalue weighted by atomic mass is 10.1. The highest BCUT2D eigenvalue weighted by Gasteiger charge is 2.15. The van der Waals surface area contributed by atoms with E-state index >= 15 is 0 Å². The summed E-state index contributed by atoms with van der Waals surface area (Å²) in [5.74, 6) is -0.237. The summed E-state index contributed by atoms with van der Waals surface area (Å²) in [4.78, 5) is 1.84. The quantitative estimate of drug-likeness (QED) is 0.794. The maximum absolute atomic E-state index is 13.8. The van der Waals surface area contributed by atoms with Gasteiger partial charge in [0.2, 0.25) is 0 Å². The SMILES string of the molecule is C=C(C)CN(C)c1c(F)cccc1C(C)N. The van der Waals surface area contributed by atoms with Gasteiger partial charge in [-0.2, -0.15) is 0 Å². The zero-order valence-corrected chi connectivity index (χ0v) is 10.1. The number of nitrogens with zero attached hydrogens (tertiary/aromatic N) is 1.